The van der Waals surface area contributed by atoms with Crippen molar-refractivity contribution in [2.24, 2.45) is 0 Å². The monoisotopic (exact) mass is 315 g/mol. The fourth-order valence-electron chi connectivity index (χ4n) is 2.94. The average molecular weight is 315 g/mol. The van der Waals surface area contributed by atoms with Gasteiger partial charge in [-0.2, -0.15) is 5.10 Å². The molecule has 2 aromatic rings. The van der Waals surface area contributed by atoms with E-state index in [1.165, 1.54) is 18.5 Å². The maximum Gasteiger partial charge on any atom is 0.272 e. The number of carbonyl (C=O) groups excluding carboxylic acids is 1. The average Bonchev–Trinajstić information content (AvgIpc) is 3.08. The molecule has 8 nitrogen and oxygen atoms in total. The number of likely N-dealkylation sites (tertiary alicyclic amines) is 1. The number of aryl methyl sites for hydroxylation is 1. The molecular weight excluding hydrogens is 298 g/mol. The van der Waals surface area contributed by atoms with Crippen LogP contribution in [0.2, 0.25) is 0 Å². The molecule has 0 bridgehead atoms. The number of aromatic nitrogens is 3. The quantitative estimate of drug-likeness (QED) is 0.637. The summed E-state index contributed by atoms with van der Waals surface area (Å²) in [5, 5.41) is 15.0. The number of amides is 1. The van der Waals surface area contributed by atoms with Crippen molar-refractivity contribution in [1.82, 2.24) is 19.7 Å². The fourth-order valence-corrected chi connectivity index (χ4v) is 2.94. The van der Waals surface area contributed by atoms with Crippen LogP contribution in [0, 0.1) is 17.0 Å². The Kier molecular flexibility index (Phi) is 4.05. The van der Waals surface area contributed by atoms with Gasteiger partial charge in [0.1, 0.15) is 12.7 Å². The standard InChI is InChI=1S/C15H17N5O3/c1-11-7-12(4-5-14(11)20(22)23)15(21)18-6-2-3-13(8-18)19-10-16-9-17-19/h4-5,7,9-10,13H,2-3,6,8H2,1H3. The highest BCUT2D eigenvalue weighted by Gasteiger charge is 2.26. The number of hydrogen-bond acceptors (Lipinski definition) is 5. The van der Waals surface area contributed by atoms with Gasteiger partial charge in [0, 0.05) is 30.3 Å². The van der Waals surface area contributed by atoms with Crippen molar-refractivity contribution in [2.45, 2.75) is 25.8 Å². The molecule has 2 heterocycles. The van der Waals surface area contributed by atoms with Crippen LogP contribution in [0.15, 0.2) is 30.9 Å². The van der Waals surface area contributed by atoms with Crippen molar-refractivity contribution >= 4 is 11.6 Å². The second kappa shape index (κ2) is 6.15. The van der Waals surface area contributed by atoms with E-state index in [1.54, 1.807) is 28.9 Å². The Morgan fingerprint density at radius 3 is 2.91 bits per heavy atom. The van der Waals surface area contributed by atoms with Gasteiger partial charge in [-0.05, 0) is 31.9 Å². The molecule has 1 aliphatic rings. The van der Waals surface area contributed by atoms with Crippen molar-refractivity contribution in [3.8, 4) is 0 Å². The molecule has 0 spiro atoms. The van der Waals surface area contributed by atoms with Crippen LogP contribution >= 0.6 is 0 Å². The molecular formula is C15H17N5O3. The Labute approximate surface area is 132 Å². The number of benzene rings is 1. The van der Waals surface area contributed by atoms with E-state index in [-0.39, 0.29) is 17.6 Å². The molecule has 1 aromatic heterocycles. The molecule has 120 valence electrons. The lowest BCUT2D eigenvalue weighted by Gasteiger charge is -2.32. The van der Waals surface area contributed by atoms with Crippen LogP contribution in [0.4, 0.5) is 5.69 Å². The zero-order chi connectivity index (χ0) is 16.4. The maximum atomic E-state index is 12.7. The maximum absolute atomic E-state index is 12.7. The number of piperidine rings is 1. The highest BCUT2D eigenvalue weighted by atomic mass is 16.6. The van der Waals surface area contributed by atoms with E-state index < -0.39 is 4.92 Å². The third-order valence-electron chi connectivity index (χ3n) is 4.13. The molecule has 1 saturated heterocycles. The molecule has 1 aromatic carbocycles. The van der Waals surface area contributed by atoms with Crippen molar-refractivity contribution in [3.63, 3.8) is 0 Å². The van der Waals surface area contributed by atoms with Gasteiger partial charge in [-0.25, -0.2) is 9.67 Å². The molecule has 23 heavy (non-hydrogen) atoms. The second-order valence-corrected chi connectivity index (χ2v) is 5.68. The number of rotatable bonds is 3. The van der Waals surface area contributed by atoms with Crippen molar-refractivity contribution in [1.29, 1.82) is 0 Å². The highest BCUT2D eigenvalue weighted by molar-refractivity contribution is 5.94. The predicted octanol–water partition coefficient (Wildman–Crippen LogP) is 1.97. The van der Waals surface area contributed by atoms with Crippen LogP contribution in [-0.4, -0.2) is 43.6 Å². The van der Waals surface area contributed by atoms with Gasteiger partial charge in [0.15, 0.2) is 0 Å². The Bertz CT molecular complexity index is 729. The molecule has 0 saturated carbocycles. The van der Waals surface area contributed by atoms with Gasteiger partial charge in [0.2, 0.25) is 0 Å². The highest BCUT2D eigenvalue weighted by Crippen LogP contribution is 2.24. The minimum atomic E-state index is -0.439. The van der Waals surface area contributed by atoms with E-state index in [0.717, 1.165) is 12.8 Å². The first kappa shape index (κ1) is 15.1. The topological polar surface area (TPSA) is 94.2 Å². The smallest absolute Gasteiger partial charge is 0.272 e. The number of nitro groups is 1. The zero-order valence-corrected chi connectivity index (χ0v) is 12.8. The molecule has 1 unspecified atom stereocenters. The van der Waals surface area contributed by atoms with E-state index in [4.69, 9.17) is 0 Å². The van der Waals surface area contributed by atoms with Crippen molar-refractivity contribution < 1.29 is 9.72 Å². The largest absolute Gasteiger partial charge is 0.337 e. The number of nitrogens with zero attached hydrogens (tertiary/aromatic N) is 5. The van der Waals surface area contributed by atoms with Crippen LogP contribution in [0.25, 0.3) is 0 Å². The number of carbonyl (C=O) groups is 1. The Morgan fingerprint density at radius 2 is 2.26 bits per heavy atom. The number of nitro benzene ring substituents is 1. The van der Waals surface area contributed by atoms with E-state index in [9.17, 15) is 14.9 Å². The summed E-state index contributed by atoms with van der Waals surface area (Å²) in [5.41, 5.74) is 0.999. The summed E-state index contributed by atoms with van der Waals surface area (Å²) in [6.45, 7) is 2.89. The van der Waals surface area contributed by atoms with Crippen LogP contribution < -0.4 is 0 Å². The third kappa shape index (κ3) is 3.05. The summed E-state index contributed by atoms with van der Waals surface area (Å²) in [4.78, 5) is 28.8. The van der Waals surface area contributed by atoms with Gasteiger partial charge in [-0.15, -0.1) is 0 Å². The second-order valence-electron chi connectivity index (χ2n) is 5.68. The van der Waals surface area contributed by atoms with Gasteiger partial charge < -0.3 is 4.90 Å². The van der Waals surface area contributed by atoms with Gasteiger partial charge in [-0.1, -0.05) is 0 Å². The van der Waals surface area contributed by atoms with Crippen LogP contribution in [-0.2, 0) is 0 Å². The van der Waals surface area contributed by atoms with E-state index >= 15 is 0 Å². The van der Waals surface area contributed by atoms with Gasteiger partial charge in [0.05, 0.1) is 11.0 Å². The predicted molar refractivity (Wildman–Crippen MR) is 82.0 cm³/mol. The minimum Gasteiger partial charge on any atom is -0.337 e. The lowest BCUT2D eigenvalue weighted by molar-refractivity contribution is -0.385. The molecule has 8 heteroatoms. The molecule has 1 atom stereocenters. The Morgan fingerprint density at radius 1 is 1.43 bits per heavy atom. The normalized spacial score (nSPS) is 18.0. The lowest BCUT2D eigenvalue weighted by Crippen LogP contribution is -2.40. The molecule has 3 rings (SSSR count). The summed E-state index contributed by atoms with van der Waals surface area (Å²) in [6, 6.07) is 4.61. The molecule has 1 amide bonds. The molecule has 0 aliphatic carbocycles. The molecule has 0 N–H and O–H groups in total. The first-order valence-corrected chi connectivity index (χ1v) is 7.44. The van der Waals surface area contributed by atoms with Gasteiger partial charge in [0.25, 0.3) is 11.6 Å². The molecule has 1 fully saturated rings. The first-order valence-electron chi connectivity index (χ1n) is 7.44. The first-order chi connectivity index (χ1) is 11.1. The minimum absolute atomic E-state index is 0.0284. The summed E-state index contributed by atoms with van der Waals surface area (Å²) in [6.07, 6.45) is 4.99. The van der Waals surface area contributed by atoms with E-state index in [2.05, 4.69) is 10.1 Å². The zero-order valence-electron chi connectivity index (χ0n) is 12.8. The lowest BCUT2D eigenvalue weighted by atomic mass is 10.0. The summed E-state index contributed by atoms with van der Waals surface area (Å²) in [5.74, 6) is -0.104. The summed E-state index contributed by atoms with van der Waals surface area (Å²) < 4.78 is 1.78. The molecule has 0 radical (unpaired) electrons. The van der Waals surface area contributed by atoms with Gasteiger partial charge >= 0.3 is 0 Å². The molecule has 1 aliphatic heterocycles. The Hall–Kier alpha value is -2.77. The van der Waals surface area contributed by atoms with Crippen LogP contribution in [0.1, 0.15) is 34.8 Å². The fraction of sp³-hybridized carbons (Fsp3) is 0.400. The van der Waals surface area contributed by atoms with Crippen molar-refractivity contribution in [2.75, 3.05) is 13.1 Å². The number of hydrogen-bond donors (Lipinski definition) is 0. The van der Waals surface area contributed by atoms with Crippen LogP contribution in [0.3, 0.4) is 0 Å². The third-order valence-corrected chi connectivity index (χ3v) is 4.13. The SMILES string of the molecule is Cc1cc(C(=O)N2CCCC(n3cncn3)C2)ccc1[N+](=O)[O-]. The Balaban J connectivity index is 1.77. The summed E-state index contributed by atoms with van der Waals surface area (Å²) >= 11 is 0. The van der Waals surface area contributed by atoms with E-state index in [1.807, 2.05) is 0 Å². The van der Waals surface area contributed by atoms with Crippen LogP contribution in [0.5, 0.6) is 0 Å². The van der Waals surface area contributed by atoms with Crippen molar-refractivity contribution in [3.05, 3.63) is 52.1 Å². The van der Waals surface area contributed by atoms with Gasteiger partial charge in [-0.3, -0.25) is 14.9 Å². The van der Waals surface area contributed by atoms with E-state index in [0.29, 0.717) is 24.2 Å². The summed E-state index contributed by atoms with van der Waals surface area (Å²) in [7, 11) is 0.